The summed E-state index contributed by atoms with van der Waals surface area (Å²) >= 11 is 0. The molecule has 2 heterocycles. The lowest BCUT2D eigenvalue weighted by atomic mass is 10.1. The number of rotatable bonds is 7. The number of ether oxygens (including phenoxy) is 3. The van der Waals surface area contributed by atoms with Gasteiger partial charge in [0, 0.05) is 35.6 Å². The Balaban J connectivity index is 1.47. The first kappa shape index (κ1) is 22.4. The molecular formula is C28H23FN2O4. The summed E-state index contributed by atoms with van der Waals surface area (Å²) in [6.45, 7) is 0. The monoisotopic (exact) mass is 470 g/mol. The molecule has 3 aromatic carbocycles. The Kier molecular flexibility index (Phi) is 6.08. The number of hydrogen-bond acceptors (Lipinski definition) is 5. The molecule has 5 aromatic rings. The molecule has 0 saturated heterocycles. The van der Waals surface area contributed by atoms with Gasteiger partial charge < -0.3 is 23.9 Å². The van der Waals surface area contributed by atoms with E-state index in [9.17, 15) is 5.11 Å². The lowest BCUT2D eigenvalue weighted by Crippen LogP contribution is -2.07. The average molecular weight is 471 g/mol. The topological polar surface area (TPSA) is 65.7 Å². The van der Waals surface area contributed by atoms with Crippen molar-refractivity contribution in [2.75, 3.05) is 14.2 Å². The van der Waals surface area contributed by atoms with Crippen LogP contribution >= 0.6 is 0 Å². The predicted octanol–water partition coefficient (Wildman–Crippen LogP) is 6.06. The van der Waals surface area contributed by atoms with Gasteiger partial charge in [0.25, 0.3) is 0 Å². The Morgan fingerprint density at radius 3 is 2.34 bits per heavy atom. The van der Waals surface area contributed by atoms with Crippen LogP contribution in [0, 0.1) is 5.82 Å². The number of aromatic nitrogens is 2. The Morgan fingerprint density at radius 2 is 1.60 bits per heavy atom. The quantitative estimate of drug-likeness (QED) is 0.313. The molecule has 6 nitrogen and oxygen atoms in total. The molecule has 0 saturated carbocycles. The van der Waals surface area contributed by atoms with E-state index in [1.165, 1.54) is 6.07 Å². The number of nitrogens with zero attached hydrogens (tertiary/aromatic N) is 2. The van der Waals surface area contributed by atoms with E-state index in [0.717, 1.165) is 5.56 Å². The Morgan fingerprint density at radius 1 is 0.829 bits per heavy atom. The summed E-state index contributed by atoms with van der Waals surface area (Å²) in [5.74, 6) is 1.02. The number of methoxy groups -OCH3 is 2. The summed E-state index contributed by atoms with van der Waals surface area (Å²) in [5, 5.41) is 11.5. The van der Waals surface area contributed by atoms with Gasteiger partial charge in [-0.05, 0) is 42.0 Å². The fourth-order valence-corrected chi connectivity index (χ4v) is 4.04. The number of aliphatic hydroxyl groups excluding tert-OH is 1. The van der Waals surface area contributed by atoms with Crippen LogP contribution in [-0.2, 0) is 0 Å². The molecule has 0 amide bonds. The summed E-state index contributed by atoms with van der Waals surface area (Å²) in [6.07, 6.45) is 2.53. The molecule has 1 atom stereocenters. The molecule has 1 N–H and O–H groups in total. The average Bonchev–Trinajstić information content (AvgIpc) is 3.39. The van der Waals surface area contributed by atoms with Gasteiger partial charge >= 0.3 is 0 Å². The van der Waals surface area contributed by atoms with Crippen LogP contribution in [0.5, 0.6) is 23.0 Å². The van der Waals surface area contributed by atoms with E-state index >= 15 is 4.39 Å². The molecule has 0 radical (unpaired) electrons. The van der Waals surface area contributed by atoms with Crippen molar-refractivity contribution < 1.29 is 23.7 Å². The van der Waals surface area contributed by atoms with Gasteiger partial charge in [0.2, 0.25) is 0 Å². The summed E-state index contributed by atoms with van der Waals surface area (Å²) in [6, 6.07) is 22.8. The number of halogens is 1. The van der Waals surface area contributed by atoms with Crippen molar-refractivity contribution in [1.82, 2.24) is 9.55 Å². The fraction of sp³-hybridized carbons (Fsp3) is 0.107. The second-order valence-corrected chi connectivity index (χ2v) is 7.87. The number of aliphatic hydroxyl groups is 1. The summed E-state index contributed by atoms with van der Waals surface area (Å²) in [5.41, 5.74) is 2.58. The molecule has 0 bridgehead atoms. The molecule has 1 unspecified atom stereocenters. The van der Waals surface area contributed by atoms with Gasteiger partial charge in [-0.25, -0.2) is 4.39 Å². The van der Waals surface area contributed by atoms with Crippen LogP contribution in [0.2, 0.25) is 0 Å². The Hall–Kier alpha value is -4.36. The molecule has 0 aliphatic carbocycles. The summed E-state index contributed by atoms with van der Waals surface area (Å²) in [7, 11) is 3.10. The summed E-state index contributed by atoms with van der Waals surface area (Å²) in [4.78, 5) is 4.35. The minimum Gasteiger partial charge on any atom is -0.493 e. The van der Waals surface area contributed by atoms with Crippen molar-refractivity contribution in [2.45, 2.75) is 6.10 Å². The summed E-state index contributed by atoms with van der Waals surface area (Å²) < 4.78 is 33.6. The van der Waals surface area contributed by atoms with E-state index in [1.807, 2.05) is 42.5 Å². The van der Waals surface area contributed by atoms with Gasteiger partial charge in [0.05, 0.1) is 25.4 Å². The smallest absolute Gasteiger partial charge is 0.167 e. The van der Waals surface area contributed by atoms with Crippen molar-refractivity contribution in [3.8, 4) is 28.7 Å². The van der Waals surface area contributed by atoms with E-state index in [2.05, 4.69) is 4.98 Å². The highest BCUT2D eigenvalue weighted by atomic mass is 19.1. The van der Waals surface area contributed by atoms with E-state index in [4.69, 9.17) is 14.2 Å². The predicted molar refractivity (Wildman–Crippen MR) is 131 cm³/mol. The third-order valence-corrected chi connectivity index (χ3v) is 5.80. The maximum atomic E-state index is 15.2. The first-order valence-electron chi connectivity index (χ1n) is 11.0. The molecule has 0 spiro atoms. The number of pyridine rings is 1. The van der Waals surface area contributed by atoms with Crippen LogP contribution in [0.4, 0.5) is 4.39 Å². The van der Waals surface area contributed by atoms with Crippen LogP contribution < -0.4 is 14.2 Å². The minimum atomic E-state index is -0.847. The highest BCUT2D eigenvalue weighted by Gasteiger charge is 2.17. The molecule has 0 fully saturated rings. The molecule has 35 heavy (non-hydrogen) atoms. The maximum Gasteiger partial charge on any atom is 0.167 e. The zero-order chi connectivity index (χ0) is 24.4. The highest BCUT2D eigenvalue weighted by molar-refractivity contribution is 5.88. The second-order valence-electron chi connectivity index (χ2n) is 7.87. The minimum absolute atomic E-state index is 0.0633. The van der Waals surface area contributed by atoms with E-state index in [-0.39, 0.29) is 5.75 Å². The molecule has 2 aromatic heterocycles. The largest absolute Gasteiger partial charge is 0.493 e. The van der Waals surface area contributed by atoms with Crippen molar-refractivity contribution in [3.63, 3.8) is 0 Å². The van der Waals surface area contributed by atoms with Crippen LogP contribution in [0.25, 0.3) is 16.6 Å². The first-order chi connectivity index (χ1) is 17.1. The lowest BCUT2D eigenvalue weighted by molar-refractivity contribution is 0.213. The van der Waals surface area contributed by atoms with Gasteiger partial charge in [0.15, 0.2) is 23.1 Å². The highest BCUT2D eigenvalue weighted by Crippen LogP contribution is 2.37. The lowest BCUT2D eigenvalue weighted by Gasteiger charge is -2.16. The van der Waals surface area contributed by atoms with Gasteiger partial charge in [-0.1, -0.05) is 30.3 Å². The molecule has 0 aliphatic heterocycles. The molecule has 7 heteroatoms. The van der Waals surface area contributed by atoms with Crippen molar-refractivity contribution >= 4 is 10.9 Å². The molecule has 176 valence electrons. The standard InChI is InChI=1S/C28H23FN2O4/c1-33-26-16-20-22(17-27(26)34-2)30-13-12-24(20)35-25-11-10-19(15-21(25)29)31-14-6-9-23(31)28(32)18-7-4-3-5-8-18/h3-17,28,32H,1-2H3. The van der Waals surface area contributed by atoms with Crippen molar-refractivity contribution in [1.29, 1.82) is 0 Å². The van der Waals surface area contributed by atoms with Crippen molar-refractivity contribution in [2.24, 2.45) is 0 Å². The maximum absolute atomic E-state index is 15.2. The Labute approximate surface area is 201 Å². The van der Waals surface area contributed by atoms with Crippen LogP contribution in [0.3, 0.4) is 0 Å². The van der Waals surface area contributed by atoms with Crippen molar-refractivity contribution in [3.05, 3.63) is 108 Å². The van der Waals surface area contributed by atoms with Crippen LogP contribution in [0.15, 0.2) is 91.3 Å². The number of hydrogen-bond donors (Lipinski definition) is 1. The fourth-order valence-electron chi connectivity index (χ4n) is 4.04. The third kappa shape index (κ3) is 4.29. The van der Waals surface area contributed by atoms with Crippen LogP contribution in [0.1, 0.15) is 17.4 Å². The zero-order valence-corrected chi connectivity index (χ0v) is 19.2. The normalized spacial score (nSPS) is 11.9. The Bertz CT molecular complexity index is 1480. The number of fused-ring (bicyclic) bond motifs is 1. The molecule has 0 aliphatic rings. The third-order valence-electron chi connectivity index (χ3n) is 5.80. The zero-order valence-electron chi connectivity index (χ0n) is 19.2. The van der Waals surface area contributed by atoms with Gasteiger partial charge in [-0.15, -0.1) is 0 Å². The van der Waals surface area contributed by atoms with Gasteiger partial charge in [-0.2, -0.15) is 0 Å². The number of benzene rings is 3. The van der Waals surface area contributed by atoms with E-state index in [1.54, 1.807) is 61.5 Å². The first-order valence-corrected chi connectivity index (χ1v) is 11.0. The van der Waals surface area contributed by atoms with Crippen LogP contribution in [-0.4, -0.2) is 28.9 Å². The second kappa shape index (κ2) is 9.48. The SMILES string of the molecule is COc1cc2nccc(Oc3ccc(-n4cccc4C(O)c4ccccc4)cc3F)c2cc1OC. The van der Waals surface area contributed by atoms with E-state index in [0.29, 0.717) is 39.5 Å². The van der Waals surface area contributed by atoms with Gasteiger partial charge in [-0.3, -0.25) is 4.98 Å². The van der Waals surface area contributed by atoms with E-state index < -0.39 is 11.9 Å². The molecule has 5 rings (SSSR count). The van der Waals surface area contributed by atoms with Gasteiger partial charge in [0.1, 0.15) is 11.9 Å². The molecular weight excluding hydrogens is 447 g/mol.